The van der Waals surface area contributed by atoms with Crippen LogP contribution in [0.3, 0.4) is 0 Å². The highest BCUT2D eigenvalue weighted by Gasteiger charge is 2.73. The van der Waals surface area contributed by atoms with Gasteiger partial charge in [0.25, 0.3) is 0 Å². The zero-order valence-corrected chi connectivity index (χ0v) is 24.6. The number of nitrogens with zero attached hydrogens (tertiary/aromatic N) is 3. The molecule has 7 aliphatic rings. The number of alkyl halides is 1. The lowest BCUT2D eigenvalue weighted by Gasteiger charge is -2.65. The second-order valence-corrected chi connectivity index (χ2v) is 14.0. The first-order valence-electron chi connectivity index (χ1n) is 15.5. The summed E-state index contributed by atoms with van der Waals surface area (Å²) >= 11 is 0. The van der Waals surface area contributed by atoms with Gasteiger partial charge in [0.2, 0.25) is 11.8 Å². The van der Waals surface area contributed by atoms with E-state index in [4.69, 9.17) is 9.47 Å². The molecule has 0 radical (unpaired) electrons. The SMILES string of the molecule is COc1cc(-c2cccc(N(CC34CCC(c5ccc(C6(C#N)CC6)cc5)(CC3)OC4)C(=O)C34CC(F)(C3)C4)c2)ccn1. The van der Waals surface area contributed by atoms with Gasteiger partial charge in [0, 0.05) is 29.9 Å². The van der Waals surface area contributed by atoms with Crippen LogP contribution in [0, 0.1) is 22.2 Å². The van der Waals surface area contributed by atoms with Gasteiger partial charge in [-0.25, -0.2) is 9.37 Å². The number of ether oxygens (including phenoxy) is 2. The Morgan fingerprint density at radius 3 is 2.28 bits per heavy atom. The highest BCUT2D eigenvalue weighted by Crippen LogP contribution is 2.70. The number of carbonyl (C=O) groups excluding carboxylic acids is 1. The number of fused-ring (bicyclic) bond motifs is 3. The molecule has 5 aliphatic carbocycles. The van der Waals surface area contributed by atoms with Gasteiger partial charge in [0.1, 0.15) is 5.67 Å². The van der Waals surface area contributed by atoms with Crippen molar-refractivity contribution in [1.82, 2.24) is 4.98 Å². The number of aromatic nitrogens is 1. The number of anilines is 1. The third kappa shape index (κ3) is 4.13. The van der Waals surface area contributed by atoms with Crippen LogP contribution in [0.5, 0.6) is 5.88 Å². The summed E-state index contributed by atoms with van der Waals surface area (Å²) in [5.74, 6) is 0.587. The molecular weight excluding hydrogens is 541 g/mol. The Morgan fingerprint density at radius 1 is 0.977 bits per heavy atom. The average molecular weight is 578 g/mol. The van der Waals surface area contributed by atoms with Crippen molar-refractivity contribution in [3.8, 4) is 23.1 Å². The van der Waals surface area contributed by atoms with E-state index in [9.17, 15) is 14.4 Å². The van der Waals surface area contributed by atoms with E-state index in [2.05, 4.69) is 41.4 Å². The smallest absolute Gasteiger partial charge is 0.233 e. The minimum atomic E-state index is -1.14. The normalized spacial score (nSPS) is 32.6. The van der Waals surface area contributed by atoms with Gasteiger partial charge >= 0.3 is 0 Å². The molecule has 2 aromatic carbocycles. The Kier molecular flexibility index (Phi) is 5.69. The lowest BCUT2D eigenvalue weighted by atomic mass is 9.41. The maximum absolute atomic E-state index is 14.6. The first-order chi connectivity index (χ1) is 20.7. The molecule has 0 spiro atoms. The lowest BCUT2D eigenvalue weighted by Crippen LogP contribution is -2.71. The van der Waals surface area contributed by atoms with E-state index in [-0.39, 0.29) is 22.3 Å². The molecular formula is C36H36FN3O3. The zero-order chi connectivity index (χ0) is 29.5. The molecule has 7 fully saturated rings. The molecule has 1 amide bonds. The molecule has 1 aromatic heterocycles. The van der Waals surface area contributed by atoms with Crippen molar-refractivity contribution in [3.05, 3.63) is 78.0 Å². The maximum atomic E-state index is 14.6. The van der Waals surface area contributed by atoms with Crippen molar-refractivity contribution in [3.63, 3.8) is 0 Å². The molecule has 4 bridgehead atoms. The maximum Gasteiger partial charge on any atom is 0.233 e. The van der Waals surface area contributed by atoms with Crippen LogP contribution in [0.4, 0.5) is 10.1 Å². The van der Waals surface area contributed by atoms with Gasteiger partial charge < -0.3 is 14.4 Å². The monoisotopic (exact) mass is 577 g/mol. The van der Waals surface area contributed by atoms with E-state index in [1.807, 2.05) is 35.2 Å². The zero-order valence-electron chi connectivity index (χ0n) is 24.6. The van der Waals surface area contributed by atoms with Crippen LogP contribution in [-0.4, -0.2) is 36.8 Å². The summed E-state index contributed by atoms with van der Waals surface area (Å²) in [7, 11) is 1.60. The van der Waals surface area contributed by atoms with Crippen LogP contribution >= 0.6 is 0 Å². The number of methoxy groups -OCH3 is 1. The second kappa shape index (κ2) is 9.12. The highest BCUT2D eigenvalue weighted by molar-refractivity contribution is 6.00. The average Bonchev–Trinajstić information content (AvgIpc) is 3.84. The van der Waals surface area contributed by atoms with E-state index in [0.717, 1.165) is 60.9 Å². The predicted octanol–water partition coefficient (Wildman–Crippen LogP) is 7.02. The minimum Gasteiger partial charge on any atom is -0.481 e. The molecule has 0 unspecified atom stereocenters. The molecule has 10 rings (SSSR count). The van der Waals surface area contributed by atoms with Gasteiger partial charge in [-0.1, -0.05) is 36.4 Å². The van der Waals surface area contributed by atoms with Crippen LogP contribution in [0.2, 0.25) is 0 Å². The Morgan fingerprint density at radius 2 is 1.67 bits per heavy atom. The molecule has 0 atom stereocenters. The summed E-state index contributed by atoms with van der Waals surface area (Å²) in [6, 6.07) is 23.0. The fourth-order valence-corrected chi connectivity index (χ4v) is 8.37. The molecule has 3 heterocycles. The quantitative estimate of drug-likeness (QED) is 0.288. The lowest BCUT2D eigenvalue weighted by molar-refractivity contribution is -0.213. The van der Waals surface area contributed by atoms with E-state index >= 15 is 0 Å². The third-order valence-electron chi connectivity index (χ3n) is 11.3. The summed E-state index contributed by atoms with van der Waals surface area (Å²) in [5.41, 5.74) is 2.62. The molecule has 6 nitrogen and oxygen atoms in total. The number of carbonyl (C=O) groups is 1. The molecule has 2 saturated heterocycles. The number of benzene rings is 2. The first kappa shape index (κ1) is 26.8. The molecule has 3 aromatic rings. The summed E-state index contributed by atoms with van der Waals surface area (Å²) in [6.45, 7) is 1.15. The molecule has 7 heteroatoms. The molecule has 43 heavy (non-hydrogen) atoms. The van der Waals surface area contributed by atoms with E-state index < -0.39 is 11.1 Å². The van der Waals surface area contributed by atoms with Crippen LogP contribution < -0.4 is 9.64 Å². The van der Waals surface area contributed by atoms with Crippen molar-refractivity contribution in [1.29, 1.82) is 5.26 Å². The number of pyridine rings is 1. The predicted molar refractivity (Wildman–Crippen MR) is 160 cm³/mol. The highest BCUT2D eigenvalue weighted by atomic mass is 19.1. The summed E-state index contributed by atoms with van der Waals surface area (Å²) in [6.07, 6.45) is 8.33. The number of hydrogen-bond donors (Lipinski definition) is 0. The number of hydrogen-bond acceptors (Lipinski definition) is 5. The van der Waals surface area contributed by atoms with E-state index in [1.54, 1.807) is 13.3 Å². The molecule has 5 saturated carbocycles. The van der Waals surface area contributed by atoms with Gasteiger partial charge in [0.05, 0.1) is 36.2 Å². The van der Waals surface area contributed by atoms with Crippen LogP contribution in [-0.2, 0) is 20.5 Å². The van der Waals surface area contributed by atoms with E-state index in [0.29, 0.717) is 38.3 Å². The Bertz CT molecular complexity index is 1610. The van der Waals surface area contributed by atoms with Crippen LogP contribution in [0.1, 0.15) is 68.9 Å². The number of halogens is 1. The fourth-order valence-electron chi connectivity index (χ4n) is 8.37. The van der Waals surface area contributed by atoms with E-state index in [1.165, 1.54) is 5.56 Å². The summed E-state index contributed by atoms with van der Waals surface area (Å²) < 4.78 is 26.7. The van der Waals surface area contributed by atoms with Gasteiger partial charge in [0.15, 0.2) is 0 Å². The second-order valence-electron chi connectivity index (χ2n) is 14.0. The van der Waals surface area contributed by atoms with Crippen molar-refractivity contribution in [2.45, 2.75) is 74.5 Å². The van der Waals surface area contributed by atoms with Gasteiger partial charge in [-0.2, -0.15) is 5.26 Å². The molecule has 2 aliphatic heterocycles. The number of amides is 1. The van der Waals surface area contributed by atoms with Gasteiger partial charge in [-0.05, 0) is 98.2 Å². The standard InChI is InChI=1S/C36H36FN3O3/c1-42-30-18-26(9-16-39-30)25-3-2-4-29(17-25)40(31(41)34-19-35(37,20-34)21-34)23-32-10-14-36(15-11-32,43-24-32)28-7-5-27(6-8-28)33(22-38)12-13-33/h2-9,16-18H,10-15,19-21,23-24H2,1H3. The largest absolute Gasteiger partial charge is 0.481 e. The topological polar surface area (TPSA) is 75.4 Å². The number of rotatable bonds is 8. The first-order valence-corrected chi connectivity index (χ1v) is 15.5. The van der Waals surface area contributed by atoms with Gasteiger partial charge in [-0.15, -0.1) is 0 Å². The van der Waals surface area contributed by atoms with Crippen LogP contribution in [0.25, 0.3) is 11.1 Å². The Hall–Kier alpha value is -3.76. The van der Waals surface area contributed by atoms with Gasteiger partial charge in [-0.3, -0.25) is 4.79 Å². The van der Waals surface area contributed by atoms with Crippen LogP contribution in [0.15, 0.2) is 66.9 Å². The molecule has 0 N–H and O–H groups in total. The fraction of sp³-hybridized carbons (Fsp3) is 0.472. The summed E-state index contributed by atoms with van der Waals surface area (Å²) in [4.78, 5) is 20.4. The van der Waals surface area contributed by atoms with Crippen molar-refractivity contribution in [2.24, 2.45) is 10.8 Å². The Labute approximate surface area is 251 Å². The third-order valence-corrected chi connectivity index (χ3v) is 11.3. The summed E-state index contributed by atoms with van der Waals surface area (Å²) in [5, 5.41) is 9.60. The van der Waals surface area contributed by atoms with Crippen molar-refractivity contribution < 1.29 is 18.7 Å². The minimum absolute atomic E-state index is 0.0513. The Balaban J connectivity index is 1.06. The van der Waals surface area contributed by atoms with Crippen molar-refractivity contribution in [2.75, 3.05) is 25.2 Å². The number of nitriles is 1. The van der Waals surface area contributed by atoms with Crippen molar-refractivity contribution >= 4 is 11.6 Å². The molecule has 220 valence electrons.